The normalized spacial score (nSPS) is 15.0. The van der Waals surface area contributed by atoms with Crippen LogP contribution in [0.4, 0.5) is 11.5 Å². The Morgan fingerprint density at radius 2 is 1.84 bits per heavy atom. The van der Waals surface area contributed by atoms with Gasteiger partial charge in [0.25, 0.3) is 0 Å². The summed E-state index contributed by atoms with van der Waals surface area (Å²) >= 11 is 13.0. The molecule has 38 heavy (non-hydrogen) atoms. The molecule has 3 heterocycles. The Balaban J connectivity index is 1.28. The molecule has 0 atom stereocenters. The number of carboxylic acid groups (broad SMARTS) is 1. The van der Waals surface area contributed by atoms with Gasteiger partial charge in [-0.2, -0.15) is 0 Å². The van der Waals surface area contributed by atoms with Crippen LogP contribution in [0, 0.1) is 0 Å². The number of anilines is 2. The first-order valence-electron chi connectivity index (χ1n) is 12.5. The van der Waals surface area contributed by atoms with Crippen molar-refractivity contribution >= 4 is 46.6 Å². The summed E-state index contributed by atoms with van der Waals surface area (Å²) in [6, 6.07) is 14.5. The quantitative estimate of drug-likeness (QED) is 0.267. The predicted octanol–water partition coefficient (Wildman–Crippen LogP) is 7.02. The molecule has 0 radical (unpaired) electrons. The Bertz CT molecular complexity index is 1540. The average Bonchev–Trinajstić information content (AvgIpc) is 3.67. The Labute approximate surface area is 229 Å². The molecular weight excluding hydrogens is 525 g/mol. The zero-order chi connectivity index (χ0) is 26.4. The van der Waals surface area contributed by atoms with Crippen molar-refractivity contribution in [3.63, 3.8) is 0 Å². The number of hydrogen-bond donors (Lipinski definition) is 1. The maximum absolute atomic E-state index is 12.8. The zero-order valence-corrected chi connectivity index (χ0v) is 21.8. The first-order valence-corrected chi connectivity index (χ1v) is 13.2. The van der Waals surface area contributed by atoms with Crippen LogP contribution in [0.15, 0.2) is 59.3 Å². The van der Waals surface area contributed by atoms with Gasteiger partial charge in [0.05, 0.1) is 21.3 Å². The largest absolute Gasteiger partial charge is 0.478 e. The Kier molecular flexibility index (Phi) is 6.41. The lowest BCUT2D eigenvalue weighted by atomic mass is 9.94. The molecule has 1 aliphatic carbocycles. The standard InChI is InChI=1S/C29H23Cl2N3O4/c30-21-2-1-3-22(31)26(21)27-20(28(38-33-27)17-6-7-17)10-4-16-5-11-23-18(14-16)9-13-25(35)34(23)24-12-8-19(15-32-24)29(36)37/h1-3,5,8,11-12,14-15,17H,4,6-7,9-10,13H2,(H,36,37). The number of rotatable bonds is 7. The highest BCUT2D eigenvalue weighted by atomic mass is 35.5. The van der Waals surface area contributed by atoms with Crippen LogP contribution in [0.2, 0.25) is 10.0 Å². The lowest BCUT2D eigenvalue weighted by molar-refractivity contribution is -0.118. The van der Waals surface area contributed by atoms with Gasteiger partial charge in [0, 0.05) is 29.7 Å². The van der Waals surface area contributed by atoms with E-state index < -0.39 is 5.97 Å². The molecule has 0 saturated heterocycles. The number of benzene rings is 2. The van der Waals surface area contributed by atoms with Crippen molar-refractivity contribution in [2.75, 3.05) is 4.90 Å². The fourth-order valence-electron chi connectivity index (χ4n) is 5.02. The lowest BCUT2D eigenvalue weighted by Crippen LogP contribution is -2.31. The minimum atomic E-state index is -1.06. The van der Waals surface area contributed by atoms with E-state index in [0.717, 1.165) is 47.4 Å². The van der Waals surface area contributed by atoms with Crippen molar-refractivity contribution in [3.05, 3.63) is 92.8 Å². The van der Waals surface area contributed by atoms with Crippen LogP contribution in [0.25, 0.3) is 11.3 Å². The van der Waals surface area contributed by atoms with E-state index in [1.54, 1.807) is 23.1 Å². The summed E-state index contributed by atoms with van der Waals surface area (Å²) < 4.78 is 5.81. The first-order chi connectivity index (χ1) is 18.4. The number of aromatic carboxylic acids is 1. The topological polar surface area (TPSA) is 96.5 Å². The van der Waals surface area contributed by atoms with Crippen LogP contribution in [0.3, 0.4) is 0 Å². The van der Waals surface area contributed by atoms with Crippen molar-refractivity contribution < 1.29 is 19.2 Å². The van der Waals surface area contributed by atoms with E-state index in [1.807, 2.05) is 18.2 Å². The maximum atomic E-state index is 12.8. The molecule has 1 N–H and O–H groups in total. The van der Waals surface area contributed by atoms with Crippen LogP contribution < -0.4 is 4.90 Å². The molecule has 7 nitrogen and oxygen atoms in total. The molecule has 2 aromatic carbocycles. The van der Waals surface area contributed by atoms with Crippen molar-refractivity contribution in [1.29, 1.82) is 0 Å². The molecule has 6 rings (SSSR count). The molecule has 1 saturated carbocycles. The molecule has 0 bridgehead atoms. The smallest absolute Gasteiger partial charge is 0.337 e. The monoisotopic (exact) mass is 547 g/mol. The minimum Gasteiger partial charge on any atom is -0.478 e. The summed E-state index contributed by atoms with van der Waals surface area (Å²) in [7, 11) is 0. The summed E-state index contributed by atoms with van der Waals surface area (Å²) in [4.78, 5) is 29.8. The molecule has 2 aliphatic rings. The fourth-order valence-corrected chi connectivity index (χ4v) is 5.59. The Hall–Kier alpha value is -3.68. The summed E-state index contributed by atoms with van der Waals surface area (Å²) in [6.45, 7) is 0. The van der Waals surface area contributed by atoms with Gasteiger partial charge < -0.3 is 9.63 Å². The molecule has 4 aromatic rings. The molecule has 1 fully saturated rings. The lowest BCUT2D eigenvalue weighted by Gasteiger charge is -2.29. The second kappa shape index (κ2) is 9.89. The summed E-state index contributed by atoms with van der Waals surface area (Å²) in [5.74, 6) is 0.586. The number of pyridine rings is 1. The summed E-state index contributed by atoms with van der Waals surface area (Å²) in [6.07, 6.45) is 5.89. The van der Waals surface area contributed by atoms with E-state index >= 15 is 0 Å². The number of amides is 1. The highest BCUT2D eigenvalue weighted by Crippen LogP contribution is 2.46. The van der Waals surface area contributed by atoms with Crippen molar-refractivity contribution in [2.45, 2.75) is 44.4 Å². The van der Waals surface area contributed by atoms with Crippen LogP contribution in [0.1, 0.15) is 58.0 Å². The Morgan fingerprint density at radius 1 is 1.05 bits per heavy atom. The molecule has 1 aliphatic heterocycles. The van der Waals surface area contributed by atoms with Gasteiger partial charge in [-0.3, -0.25) is 9.69 Å². The molecule has 0 unspecified atom stereocenters. The van der Waals surface area contributed by atoms with Gasteiger partial charge in [-0.1, -0.05) is 46.6 Å². The van der Waals surface area contributed by atoms with Gasteiger partial charge in [0.1, 0.15) is 17.3 Å². The van der Waals surface area contributed by atoms with Gasteiger partial charge in [-0.15, -0.1) is 0 Å². The van der Waals surface area contributed by atoms with Crippen LogP contribution >= 0.6 is 23.2 Å². The molecule has 9 heteroatoms. The number of carbonyl (C=O) groups is 2. The van der Waals surface area contributed by atoms with Crippen LogP contribution in [0.5, 0.6) is 0 Å². The van der Waals surface area contributed by atoms with Crippen molar-refractivity contribution in [2.24, 2.45) is 0 Å². The number of aryl methyl sites for hydroxylation is 2. The van der Waals surface area contributed by atoms with E-state index in [-0.39, 0.29) is 11.5 Å². The second-order valence-corrected chi connectivity index (χ2v) is 10.5. The first kappa shape index (κ1) is 24.6. The summed E-state index contributed by atoms with van der Waals surface area (Å²) in [5, 5.41) is 14.6. The van der Waals surface area contributed by atoms with E-state index in [1.165, 1.54) is 12.3 Å². The molecule has 2 aromatic heterocycles. The number of hydrogen-bond acceptors (Lipinski definition) is 5. The third-order valence-corrected chi connectivity index (χ3v) is 7.73. The number of carbonyl (C=O) groups excluding carboxylic acids is 1. The van der Waals surface area contributed by atoms with Crippen LogP contribution in [-0.2, 0) is 24.1 Å². The number of nitrogens with zero attached hydrogens (tertiary/aromatic N) is 3. The SMILES string of the molecule is O=C(O)c1ccc(N2C(=O)CCc3cc(CCc4c(-c5c(Cl)cccc5Cl)noc4C4CC4)ccc32)nc1. The number of halogens is 2. The average molecular weight is 548 g/mol. The summed E-state index contributed by atoms with van der Waals surface area (Å²) in [5.41, 5.74) is 5.47. The third kappa shape index (κ3) is 4.57. The van der Waals surface area contributed by atoms with Crippen LogP contribution in [-0.4, -0.2) is 27.1 Å². The predicted molar refractivity (Wildman–Crippen MR) is 144 cm³/mol. The van der Waals surface area contributed by atoms with Gasteiger partial charge in [0.15, 0.2) is 0 Å². The Morgan fingerprint density at radius 3 is 2.53 bits per heavy atom. The number of fused-ring (bicyclic) bond motifs is 1. The van der Waals surface area contributed by atoms with Crippen molar-refractivity contribution in [1.82, 2.24) is 10.1 Å². The minimum absolute atomic E-state index is 0.0689. The highest BCUT2D eigenvalue weighted by Gasteiger charge is 2.33. The molecular formula is C29H23Cl2N3O4. The van der Waals surface area contributed by atoms with Gasteiger partial charge in [-0.05, 0) is 73.6 Å². The maximum Gasteiger partial charge on any atom is 0.337 e. The second-order valence-electron chi connectivity index (χ2n) is 9.65. The number of aromatic nitrogens is 2. The zero-order valence-electron chi connectivity index (χ0n) is 20.3. The van der Waals surface area contributed by atoms with Crippen molar-refractivity contribution in [3.8, 4) is 11.3 Å². The van der Waals surface area contributed by atoms with E-state index in [4.69, 9.17) is 32.8 Å². The fraction of sp³-hybridized carbons (Fsp3) is 0.241. The number of carboxylic acids is 1. The molecule has 192 valence electrons. The van der Waals surface area contributed by atoms with E-state index in [2.05, 4.69) is 16.2 Å². The van der Waals surface area contributed by atoms with E-state index in [0.29, 0.717) is 52.3 Å². The van der Waals surface area contributed by atoms with E-state index in [9.17, 15) is 9.59 Å². The molecule has 0 spiro atoms. The third-order valence-electron chi connectivity index (χ3n) is 7.10. The highest BCUT2D eigenvalue weighted by molar-refractivity contribution is 6.39. The molecule has 1 amide bonds. The van der Waals surface area contributed by atoms with Gasteiger partial charge in [-0.25, -0.2) is 9.78 Å². The van der Waals surface area contributed by atoms with Gasteiger partial charge in [0.2, 0.25) is 5.91 Å². The van der Waals surface area contributed by atoms with Gasteiger partial charge >= 0.3 is 5.97 Å².